The van der Waals surface area contributed by atoms with Gasteiger partial charge in [0.2, 0.25) is 5.91 Å². The van der Waals surface area contributed by atoms with Gasteiger partial charge in [-0.1, -0.05) is 12.1 Å². The van der Waals surface area contributed by atoms with E-state index in [-0.39, 0.29) is 5.92 Å². The van der Waals surface area contributed by atoms with Crippen LogP contribution in [0.2, 0.25) is 0 Å². The largest absolute Gasteiger partial charge is 0.340 e. The van der Waals surface area contributed by atoms with Gasteiger partial charge in [-0.25, -0.2) is 5.21 Å². The van der Waals surface area contributed by atoms with Gasteiger partial charge in [0.15, 0.2) is 5.69 Å². The van der Waals surface area contributed by atoms with E-state index in [1.807, 2.05) is 30.6 Å². The average molecular weight is 411 g/mol. The maximum absolute atomic E-state index is 13.0. The fourth-order valence-electron chi connectivity index (χ4n) is 4.50. The lowest BCUT2D eigenvalue weighted by molar-refractivity contribution is -0.825. The first-order valence-corrected chi connectivity index (χ1v) is 10.9. The molecule has 30 heavy (non-hydrogen) atoms. The Labute approximate surface area is 178 Å². The number of likely N-dealkylation sites (tertiary alicyclic amines) is 1. The van der Waals surface area contributed by atoms with Gasteiger partial charge < -0.3 is 4.90 Å². The van der Waals surface area contributed by atoms with E-state index in [1.54, 1.807) is 0 Å². The Morgan fingerprint density at radius 1 is 0.933 bits per heavy atom. The number of nitrogens with two attached hydrogens (primary N) is 1. The molecular formula is C23H32N5O2+. The van der Waals surface area contributed by atoms with Crippen LogP contribution in [-0.4, -0.2) is 70.1 Å². The summed E-state index contributed by atoms with van der Waals surface area (Å²) in [5.41, 5.74) is 4.45. The fourth-order valence-corrected chi connectivity index (χ4v) is 4.50. The van der Waals surface area contributed by atoms with Crippen molar-refractivity contribution in [2.45, 2.75) is 25.9 Å². The lowest BCUT2D eigenvalue weighted by Crippen LogP contribution is -2.73. The van der Waals surface area contributed by atoms with Crippen molar-refractivity contribution in [2.75, 3.05) is 39.3 Å². The predicted octanol–water partition coefficient (Wildman–Crippen LogP) is 1.22. The normalized spacial score (nSPS) is 19.2. The zero-order valence-corrected chi connectivity index (χ0v) is 17.5. The molecule has 2 aliphatic heterocycles. The first kappa shape index (κ1) is 20.9. The minimum atomic E-state index is 0.169. The molecule has 7 nitrogen and oxygen atoms in total. The molecule has 0 spiro atoms. The van der Waals surface area contributed by atoms with Crippen LogP contribution in [0.1, 0.15) is 24.0 Å². The Kier molecular flexibility index (Phi) is 7.07. The number of carbonyl (C=O) groups is 1. The Morgan fingerprint density at radius 2 is 1.60 bits per heavy atom. The van der Waals surface area contributed by atoms with Crippen LogP contribution in [0, 0.1) is 5.92 Å². The highest BCUT2D eigenvalue weighted by molar-refractivity contribution is 5.79. The van der Waals surface area contributed by atoms with Gasteiger partial charge in [-0.3, -0.25) is 19.6 Å². The molecule has 7 heteroatoms. The standard InChI is InChI=1S/C23H31N5O2/c29-23(21-6-10-26(11-7-21)17-19-4-8-24-9-5-19)28-14-12-27(13-15-28)18-20-2-1-3-22(16-20)25-30/h1-5,8-9,16,21,25,30H,6-7,10-15,17-18H2/p+1. The maximum atomic E-state index is 13.0. The number of carbonyl (C=O) groups excluding carboxylic acids is 1. The van der Waals surface area contributed by atoms with Crippen molar-refractivity contribution >= 4 is 11.6 Å². The van der Waals surface area contributed by atoms with Gasteiger partial charge in [0, 0.05) is 69.7 Å². The lowest BCUT2D eigenvalue weighted by Gasteiger charge is -2.38. The van der Waals surface area contributed by atoms with Gasteiger partial charge in [0.1, 0.15) is 0 Å². The van der Waals surface area contributed by atoms with Gasteiger partial charge in [0.25, 0.3) is 0 Å². The van der Waals surface area contributed by atoms with E-state index in [4.69, 9.17) is 0 Å². The van der Waals surface area contributed by atoms with E-state index in [2.05, 4.69) is 37.9 Å². The second-order valence-corrected chi connectivity index (χ2v) is 8.38. The van der Waals surface area contributed by atoms with E-state index < -0.39 is 0 Å². The van der Waals surface area contributed by atoms with Crippen LogP contribution in [-0.2, 0) is 17.9 Å². The molecular weight excluding hydrogens is 378 g/mol. The zero-order chi connectivity index (χ0) is 20.8. The zero-order valence-electron chi connectivity index (χ0n) is 17.5. The molecule has 0 aliphatic carbocycles. The highest BCUT2D eigenvalue weighted by Crippen LogP contribution is 2.22. The molecule has 0 atom stereocenters. The van der Waals surface area contributed by atoms with Crippen LogP contribution in [0.15, 0.2) is 48.8 Å². The van der Waals surface area contributed by atoms with E-state index in [1.165, 1.54) is 11.1 Å². The second-order valence-electron chi connectivity index (χ2n) is 8.38. The first-order valence-electron chi connectivity index (χ1n) is 10.9. The van der Waals surface area contributed by atoms with E-state index in [0.717, 1.165) is 76.4 Å². The summed E-state index contributed by atoms with van der Waals surface area (Å²) < 4.78 is 0. The number of amides is 1. The predicted molar refractivity (Wildman–Crippen MR) is 114 cm³/mol. The molecule has 0 bridgehead atoms. The number of rotatable bonds is 6. The molecule has 2 aromatic rings. The van der Waals surface area contributed by atoms with Gasteiger partial charge in [0.05, 0.1) is 0 Å². The summed E-state index contributed by atoms with van der Waals surface area (Å²) in [6.45, 7) is 7.19. The van der Waals surface area contributed by atoms with Gasteiger partial charge in [-0.15, -0.1) is 0 Å². The molecule has 1 amide bonds. The Hall–Kier alpha value is -2.32. The summed E-state index contributed by atoms with van der Waals surface area (Å²) >= 11 is 0. The topological polar surface area (TPSA) is 76.5 Å². The number of nitrogens with zero attached hydrogens (tertiary/aromatic N) is 4. The molecule has 1 aromatic heterocycles. The second kappa shape index (κ2) is 10.1. The quantitative estimate of drug-likeness (QED) is 0.553. The molecule has 3 heterocycles. The number of piperazine rings is 1. The van der Waals surface area contributed by atoms with Crippen molar-refractivity contribution in [3.05, 3.63) is 59.9 Å². The average Bonchev–Trinajstić information content (AvgIpc) is 2.80. The summed E-state index contributed by atoms with van der Waals surface area (Å²) in [6.07, 6.45) is 5.59. The molecule has 2 saturated heterocycles. The van der Waals surface area contributed by atoms with Crippen molar-refractivity contribution in [1.82, 2.24) is 19.7 Å². The number of benzene rings is 1. The monoisotopic (exact) mass is 410 g/mol. The van der Waals surface area contributed by atoms with E-state index in [0.29, 0.717) is 5.91 Å². The molecule has 0 saturated carbocycles. The van der Waals surface area contributed by atoms with Crippen LogP contribution >= 0.6 is 0 Å². The number of hydrogen-bond acceptors (Lipinski definition) is 5. The van der Waals surface area contributed by atoms with E-state index in [9.17, 15) is 10.0 Å². The minimum Gasteiger partial charge on any atom is -0.340 e. The Morgan fingerprint density at radius 3 is 2.30 bits per heavy atom. The molecule has 2 aliphatic rings. The van der Waals surface area contributed by atoms with Crippen molar-refractivity contribution < 1.29 is 15.5 Å². The lowest BCUT2D eigenvalue weighted by atomic mass is 9.94. The van der Waals surface area contributed by atoms with Crippen LogP contribution < -0.4 is 5.48 Å². The fraction of sp³-hybridized carbons (Fsp3) is 0.478. The number of piperidine rings is 1. The number of pyridine rings is 1. The number of aromatic nitrogens is 1. The number of hydrogen-bond donors (Lipinski definition) is 2. The molecule has 3 N–H and O–H groups in total. The SMILES string of the molecule is O=C(C1CCN(Cc2ccncc2)CC1)N1CCN(Cc2cccc([NH2+]O)c2)CC1. The summed E-state index contributed by atoms with van der Waals surface area (Å²) in [7, 11) is 0. The van der Waals surface area contributed by atoms with Crippen LogP contribution in [0.5, 0.6) is 0 Å². The summed E-state index contributed by atoms with van der Waals surface area (Å²) in [4.78, 5) is 24.0. The summed E-state index contributed by atoms with van der Waals surface area (Å²) in [6, 6.07) is 12.1. The maximum Gasteiger partial charge on any atom is 0.225 e. The van der Waals surface area contributed by atoms with Crippen molar-refractivity contribution in [2.24, 2.45) is 5.92 Å². The van der Waals surface area contributed by atoms with E-state index >= 15 is 0 Å². The first-order chi connectivity index (χ1) is 14.7. The molecule has 1 aromatic carbocycles. The minimum absolute atomic E-state index is 0.169. The van der Waals surface area contributed by atoms with Gasteiger partial charge >= 0.3 is 0 Å². The molecule has 4 rings (SSSR count). The summed E-state index contributed by atoms with van der Waals surface area (Å²) in [5.74, 6) is 0.511. The third-order valence-corrected chi connectivity index (χ3v) is 6.28. The van der Waals surface area contributed by atoms with Crippen molar-refractivity contribution in [1.29, 1.82) is 0 Å². The molecule has 0 radical (unpaired) electrons. The van der Waals surface area contributed by atoms with Crippen molar-refractivity contribution in [3.8, 4) is 0 Å². The number of quaternary nitrogens is 1. The third kappa shape index (κ3) is 5.43. The third-order valence-electron chi connectivity index (χ3n) is 6.28. The molecule has 0 unspecified atom stereocenters. The Balaban J connectivity index is 1.21. The summed E-state index contributed by atoms with van der Waals surface area (Å²) in [5, 5.41) is 9.19. The van der Waals surface area contributed by atoms with Crippen LogP contribution in [0.3, 0.4) is 0 Å². The van der Waals surface area contributed by atoms with Gasteiger partial charge in [-0.2, -0.15) is 5.48 Å². The van der Waals surface area contributed by atoms with Gasteiger partial charge in [-0.05, 0) is 49.2 Å². The Bertz CT molecular complexity index is 815. The molecule has 160 valence electrons. The molecule has 2 fully saturated rings. The van der Waals surface area contributed by atoms with Crippen LogP contribution in [0.4, 0.5) is 5.69 Å². The highest BCUT2D eigenvalue weighted by atomic mass is 16.5. The van der Waals surface area contributed by atoms with Crippen LogP contribution in [0.25, 0.3) is 0 Å². The van der Waals surface area contributed by atoms with Crippen molar-refractivity contribution in [3.63, 3.8) is 0 Å². The smallest absolute Gasteiger partial charge is 0.225 e. The highest BCUT2D eigenvalue weighted by Gasteiger charge is 2.30.